The maximum atomic E-state index is 12.5. The molecule has 0 unspecified atom stereocenters. The van der Waals surface area contributed by atoms with Crippen molar-refractivity contribution in [3.63, 3.8) is 0 Å². The second-order valence-corrected chi connectivity index (χ2v) is 6.15. The van der Waals surface area contributed by atoms with Gasteiger partial charge < -0.3 is 15.0 Å². The minimum Gasteiger partial charge on any atom is -0.383 e. The Hall–Kier alpha value is -1.10. The van der Waals surface area contributed by atoms with E-state index in [1.165, 1.54) is 31.2 Å². The Bertz CT molecular complexity index is 515. The summed E-state index contributed by atoms with van der Waals surface area (Å²) < 4.78 is 4.99. The Morgan fingerprint density at radius 1 is 1.32 bits per heavy atom. The summed E-state index contributed by atoms with van der Waals surface area (Å²) in [5, 5.41) is 3.16. The number of ether oxygens (including phenoxy) is 1. The summed E-state index contributed by atoms with van der Waals surface area (Å²) in [6.45, 7) is 2.58. The quantitative estimate of drug-likeness (QED) is 0.846. The predicted molar refractivity (Wildman–Crippen MR) is 90.9 cm³/mol. The lowest BCUT2D eigenvalue weighted by atomic mass is 9.81. The van der Waals surface area contributed by atoms with Crippen molar-refractivity contribution in [2.75, 3.05) is 38.3 Å². The van der Waals surface area contributed by atoms with Gasteiger partial charge in [0.05, 0.1) is 13.2 Å². The van der Waals surface area contributed by atoms with Gasteiger partial charge in [-0.05, 0) is 24.5 Å². The van der Waals surface area contributed by atoms with Gasteiger partial charge in [-0.2, -0.15) is 0 Å². The standard InChI is InChI=1S/C17H24N2O2.ClH/c1-21-11-10-18-12-16(20)19-13-17(8-4-5-9-17)14-6-2-3-7-15(14)19;/h2-3,6-7,18H,4-5,8-13H2,1H3;1H. The van der Waals surface area contributed by atoms with Crippen LogP contribution in [-0.4, -0.2) is 39.3 Å². The third kappa shape index (κ3) is 3.14. The molecule has 5 heteroatoms. The zero-order chi connectivity index (χ0) is 14.7. The lowest BCUT2D eigenvalue weighted by molar-refractivity contribution is -0.117. The largest absolute Gasteiger partial charge is 0.383 e. The van der Waals surface area contributed by atoms with Gasteiger partial charge in [0.2, 0.25) is 5.91 Å². The van der Waals surface area contributed by atoms with Crippen LogP contribution in [0.1, 0.15) is 31.2 Å². The number of anilines is 1. The molecule has 1 aromatic carbocycles. The van der Waals surface area contributed by atoms with Crippen LogP contribution in [0.4, 0.5) is 5.69 Å². The minimum atomic E-state index is 0. The second-order valence-electron chi connectivity index (χ2n) is 6.15. The third-order valence-corrected chi connectivity index (χ3v) is 4.85. The van der Waals surface area contributed by atoms with Gasteiger partial charge >= 0.3 is 0 Å². The molecule has 1 aromatic rings. The summed E-state index contributed by atoms with van der Waals surface area (Å²) in [5.74, 6) is 0.169. The van der Waals surface area contributed by atoms with E-state index in [4.69, 9.17) is 4.74 Å². The number of nitrogens with one attached hydrogen (secondary N) is 1. The summed E-state index contributed by atoms with van der Waals surface area (Å²) in [4.78, 5) is 14.5. The molecule has 122 valence electrons. The topological polar surface area (TPSA) is 41.6 Å². The van der Waals surface area contributed by atoms with Crippen molar-refractivity contribution in [2.45, 2.75) is 31.1 Å². The highest BCUT2D eigenvalue weighted by Gasteiger charge is 2.45. The Balaban J connectivity index is 0.00000176. The van der Waals surface area contributed by atoms with E-state index in [2.05, 4.69) is 23.5 Å². The molecule has 1 heterocycles. The number of amides is 1. The number of carbonyl (C=O) groups excluding carboxylic acids is 1. The van der Waals surface area contributed by atoms with Crippen molar-refractivity contribution in [1.29, 1.82) is 0 Å². The number of rotatable bonds is 5. The minimum absolute atomic E-state index is 0. The fourth-order valence-corrected chi connectivity index (χ4v) is 3.80. The Morgan fingerprint density at radius 2 is 2.05 bits per heavy atom. The van der Waals surface area contributed by atoms with Gasteiger partial charge in [-0.3, -0.25) is 4.79 Å². The van der Waals surface area contributed by atoms with Crippen LogP contribution in [-0.2, 0) is 14.9 Å². The van der Waals surface area contributed by atoms with Crippen molar-refractivity contribution in [3.8, 4) is 0 Å². The van der Waals surface area contributed by atoms with E-state index >= 15 is 0 Å². The molecule has 1 amide bonds. The summed E-state index contributed by atoms with van der Waals surface area (Å²) in [6.07, 6.45) is 4.99. The molecule has 1 fully saturated rings. The van der Waals surface area contributed by atoms with Crippen molar-refractivity contribution in [3.05, 3.63) is 29.8 Å². The first-order valence-electron chi connectivity index (χ1n) is 7.86. The first-order chi connectivity index (χ1) is 10.3. The lowest BCUT2D eigenvalue weighted by Gasteiger charge is -2.24. The summed E-state index contributed by atoms with van der Waals surface area (Å²) in [7, 11) is 1.67. The van der Waals surface area contributed by atoms with Gasteiger partial charge in [-0.25, -0.2) is 0 Å². The van der Waals surface area contributed by atoms with Crippen LogP contribution >= 0.6 is 12.4 Å². The maximum Gasteiger partial charge on any atom is 0.240 e. The van der Waals surface area contributed by atoms with Crippen molar-refractivity contribution >= 4 is 24.0 Å². The average Bonchev–Trinajstić information content (AvgIpc) is 3.11. The molecule has 0 radical (unpaired) electrons. The number of methoxy groups -OCH3 is 1. The normalized spacial score (nSPS) is 18.3. The Morgan fingerprint density at radius 3 is 2.77 bits per heavy atom. The zero-order valence-electron chi connectivity index (χ0n) is 13.1. The van der Waals surface area contributed by atoms with Gasteiger partial charge in [0.25, 0.3) is 0 Å². The van der Waals surface area contributed by atoms with Crippen molar-refractivity contribution < 1.29 is 9.53 Å². The fourth-order valence-electron chi connectivity index (χ4n) is 3.80. The van der Waals surface area contributed by atoms with Crippen LogP contribution in [0.25, 0.3) is 0 Å². The number of halogens is 1. The molecule has 2 aliphatic rings. The number of benzene rings is 1. The lowest BCUT2D eigenvalue weighted by Crippen LogP contribution is -2.41. The van der Waals surface area contributed by atoms with E-state index in [0.29, 0.717) is 19.7 Å². The van der Waals surface area contributed by atoms with Crippen LogP contribution < -0.4 is 10.2 Å². The smallest absolute Gasteiger partial charge is 0.240 e. The maximum absolute atomic E-state index is 12.5. The molecule has 3 rings (SSSR count). The van der Waals surface area contributed by atoms with E-state index in [0.717, 1.165) is 12.2 Å². The molecule has 1 N–H and O–H groups in total. The molecule has 4 nitrogen and oxygen atoms in total. The molecule has 1 spiro atoms. The molecular formula is C17H25ClN2O2. The number of carbonyl (C=O) groups is 1. The van der Waals surface area contributed by atoms with Crippen LogP contribution in [0.3, 0.4) is 0 Å². The van der Waals surface area contributed by atoms with E-state index in [9.17, 15) is 4.79 Å². The Kier molecular flexibility index (Phi) is 5.84. The molecular weight excluding hydrogens is 300 g/mol. The molecule has 0 saturated heterocycles. The monoisotopic (exact) mass is 324 g/mol. The van der Waals surface area contributed by atoms with Gasteiger partial charge in [0, 0.05) is 31.3 Å². The number of nitrogens with zero attached hydrogens (tertiary/aromatic N) is 1. The summed E-state index contributed by atoms with van der Waals surface area (Å²) >= 11 is 0. The Labute approximate surface area is 138 Å². The molecule has 1 aliphatic carbocycles. The zero-order valence-corrected chi connectivity index (χ0v) is 14.0. The van der Waals surface area contributed by atoms with Gasteiger partial charge in [0.1, 0.15) is 0 Å². The van der Waals surface area contributed by atoms with E-state index in [1.807, 2.05) is 11.0 Å². The van der Waals surface area contributed by atoms with Gasteiger partial charge in [0.15, 0.2) is 0 Å². The summed E-state index contributed by atoms with van der Waals surface area (Å²) in [5.41, 5.74) is 2.73. The predicted octanol–water partition coefficient (Wildman–Crippen LogP) is 2.50. The highest BCUT2D eigenvalue weighted by molar-refractivity contribution is 5.97. The van der Waals surface area contributed by atoms with Crippen LogP contribution in [0.15, 0.2) is 24.3 Å². The highest BCUT2D eigenvalue weighted by atomic mass is 35.5. The molecule has 22 heavy (non-hydrogen) atoms. The van der Waals surface area contributed by atoms with Crippen LogP contribution in [0.5, 0.6) is 0 Å². The van der Waals surface area contributed by atoms with Crippen LogP contribution in [0.2, 0.25) is 0 Å². The van der Waals surface area contributed by atoms with Crippen molar-refractivity contribution in [2.24, 2.45) is 0 Å². The number of hydrogen-bond acceptors (Lipinski definition) is 3. The SMILES string of the molecule is COCCNCC(=O)N1CC2(CCCC2)c2ccccc21.Cl. The van der Waals surface area contributed by atoms with Gasteiger partial charge in [-0.1, -0.05) is 31.0 Å². The highest BCUT2D eigenvalue weighted by Crippen LogP contribution is 2.50. The third-order valence-electron chi connectivity index (χ3n) is 4.85. The number of fused-ring (bicyclic) bond motifs is 2. The second kappa shape index (κ2) is 7.44. The van der Waals surface area contributed by atoms with E-state index in [-0.39, 0.29) is 23.7 Å². The molecule has 0 bridgehead atoms. The van der Waals surface area contributed by atoms with Gasteiger partial charge in [-0.15, -0.1) is 12.4 Å². The average molecular weight is 325 g/mol. The van der Waals surface area contributed by atoms with E-state index < -0.39 is 0 Å². The van der Waals surface area contributed by atoms with Crippen LogP contribution in [0, 0.1) is 0 Å². The van der Waals surface area contributed by atoms with E-state index in [1.54, 1.807) is 7.11 Å². The molecule has 1 aliphatic heterocycles. The molecule has 1 saturated carbocycles. The molecule has 0 aromatic heterocycles. The first-order valence-corrected chi connectivity index (χ1v) is 7.86. The van der Waals surface area contributed by atoms with Crippen molar-refractivity contribution in [1.82, 2.24) is 5.32 Å². The summed E-state index contributed by atoms with van der Waals surface area (Å²) in [6, 6.07) is 8.44. The molecule has 0 atom stereocenters. The number of hydrogen-bond donors (Lipinski definition) is 1. The fraction of sp³-hybridized carbons (Fsp3) is 0.588. The number of para-hydroxylation sites is 1. The first kappa shape index (κ1) is 17.3.